The molecule has 0 atom stereocenters. The van der Waals surface area contributed by atoms with Gasteiger partial charge in [-0.3, -0.25) is 0 Å². The summed E-state index contributed by atoms with van der Waals surface area (Å²) in [6, 6.07) is 2.79. The van der Waals surface area contributed by atoms with Crippen LogP contribution in [0.2, 0.25) is 25.7 Å². The third kappa shape index (κ3) is 7.47. The average molecular weight is 340 g/mol. The van der Waals surface area contributed by atoms with Crippen LogP contribution in [0.25, 0.3) is 0 Å². The SMILES string of the molecule is CCOC(=O)c1cc(CCC=CO)nn1COCC[Si](C)(C)C. The molecule has 1 heterocycles. The molecule has 0 aliphatic carbocycles. The zero-order valence-electron chi connectivity index (χ0n) is 14.5. The first kappa shape index (κ1) is 19.4. The normalized spacial score (nSPS) is 12.0. The molecule has 130 valence electrons. The van der Waals surface area contributed by atoms with E-state index in [9.17, 15) is 4.79 Å². The summed E-state index contributed by atoms with van der Waals surface area (Å²) in [7, 11) is -1.14. The number of allylic oxidation sites excluding steroid dienone is 1. The monoisotopic (exact) mass is 340 g/mol. The number of nitrogens with zero attached hydrogens (tertiary/aromatic N) is 2. The average Bonchev–Trinajstić information content (AvgIpc) is 2.86. The number of hydrogen-bond donors (Lipinski definition) is 1. The van der Waals surface area contributed by atoms with E-state index in [4.69, 9.17) is 14.6 Å². The van der Waals surface area contributed by atoms with Crippen molar-refractivity contribution in [3.63, 3.8) is 0 Å². The fraction of sp³-hybridized carbons (Fsp3) is 0.625. The third-order valence-corrected chi connectivity index (χ3v) is 4.90. The first-order chi connectivity index (χ1) is 10.9. The molecule has 0 fully saturated rings. The lowest BCUT2D eigenvalue weighted by atomic mass is 10.2. The number of carbonyl (C=O) groups excluding carboxylic acids is 1. The van der Waals surface area contributed by atoms with Crippen LogP contribution in [0.15, 0.2) is 18.4 Å². The summed E-state index contributed by atoms with van der Waals surface area (Å²) in [5.74, 6) is -0.391. The summed E-state index contributed by atoms with van der Waals surface area (Å²) in [5, 5.41) is 13.1. The summed E-state index contributed by atoms with van der Waals surface area (Å²) < 4.78 is 12.3. The Morgan fingerprint density at radius 3 is 2.78 bits per heavy atom. The van der Waals surface area contributed by atoms with Crippen LogP contribution in [-0.2, 0) is 22.6 Å². The molecule has 0 amide bonds. The lowest BCUT2D eigenvalue weighted by Crippen LogP contribution is -2.22. The van der Waals surface area contributed by atoms with E-state index in [1.54, 1.807) is 23.7 Å². The van der Waals surface area contributed by atoms with Gasteiger partial charge in [0.2, 0.25) is 0 Å². The Bertz CT molecular complexity index is 521. The topological polar surface area (TPSA) is 73.6 Å². The van der Waals surface area contributed by atoms with Gasteiger partial charge >= 0.3 is 5.97 Å². The van der Waals surface area contributed by atoms with Gasteiger partial charge in [0, 0.05) is 14.7 Å². The minimum atomic E-state index is -1.14. The summed E-state index contributed by atoms with van der Waals surface area (Å²) >= 11 is 0. The van der Waals surface area contributed by atoms with E-state index < -0.39 is 14.0 Å². The van der Waals surface area contributed by atoms with E-state index >= 15 is 0 Å². The maximum Gasteiger partial charge on any atom is 0.356 e. The van der Waals surface area contributed by atoms with Crippen LogP contribution >= 0.6 is 0 Å². The molecule has 0 unspecified atom stereocenters. The van der Waals surface area contributed by atoms with Crippen molar-refractivity contribution in [3.8, 4) is 0 Å². The predicted octanol–water partition coefficient (Wildman–Crippen LogP) is 3.38. The first-order valence-electron chi connectivity index (χ1n) is 7.98. The van der Waals surface area contributed by atoms with Gasteiger partial charge in [-0.05, 0) is 38.0 Å². The Balaban J connectivity index is 2.71. The van der Waals surface area contributed by atoms with Gasteiger partial charge in [-0.1, -0.05) is 19.6 Å². The molecule has 1 aromatic rings. The van der Waals surface area contributed by atoms with E-state index in [0.29, 0.717) is 31.7 Å². The van der Waals surface area contributed by atoms with Crippen LogP contribution in [0.1, 0.15) is 29.5 Å². The van der Waals surface area contributed by atoms with Crippen LogP contribution in [0.4, 0.5) is 0 Å². The summed E-state index contributed by atoms with van der Waals surface area (Å²) in [5.41, 5.74) is 1.18. The van der Waals surface area contributed by atoms with Gasteiger partial charge in [-0.25, -0.2) is 9.48 Å². The maximum absolute atomic E-state index is 12.0. The van der Waals surface area contributed by atoms with Crippen LogP contribution < -0.4 is 0 Å². The molecule has 1 rings (SSSR count). The van der Waals surface area contributed by atoms with Crippen molar-refractivity contribution in [1.29, 1.82) is 0 Å². The van der Waals surface area contributed by atoms with E-state index in [0.717, 1.165) is 18.0 Å². The second kappa shape index (κ2) is 9.52. The number of carbonyl (C=O) groups is 1. The molecule has 0 radical (unpaired) electrons. The van der Waals surface area contributed by atoms with Gasteiger partial charge in [0.15, 0.2) is 0 Å². The van der Waals surface area contributed by atoms with E-state index in [2.05, 4.69) is 24.7 Å². The van der Waals surface area contributed by atoms with Gasteiger partial charge in [0.1, 0.15) is 12.4 Å². The Hall–Kier alpha value is -1.60. The number of aryl methyl sites for hydroxylation is 1. The largest absolute Gasteiger partial charge is 0.516 e. The Kier molecular flexibility index (Phi) is 8.05. The van der Waals surface area contributed by atoms with Crippen LogP contribution in [0.5, 0.6) is 0 Å². The lowest BCUT2D eigenvalue weighted by molar-refractivity contribution is 0.0455. The summed E-state index contributed by atoms with van der Waals surface area (Å²) in [6.07, 6.45) is 3.97. The number of hydrogen-bond acceptors (Lipinski definition) is 5. The zero-order valence-corrected chi connectivity index (χ0v) is 15.5. The molecular formula is C16H28N2O4Si. The number of ether oxygens (including phenoxy) is 2. The van der Waals surface area contributed by atoms with Crippen molar-refractivity contribution < 1.29 is 19.4 Å². The van der Waals surface area contributed by atoms with Crippen molar-refractivity contribution >= 4 is 14.0 Å². The fourth-order valence-electron chi connectivity index (χ4n) is 1.90. The van der Waals surface area contributed by atoms with Crippen molar-refractivity contribution in [3.05, 3.63) is 29.8 Å². The van der Waals surface area contributed by atoms with E-state index in [1.807, 2.05) is 0 Å². The molecule has 6 nitrogen and oxygen atoms in total. The van der Waals surface area contributed by atoms with Gasteiger partial charge in [-0.2, -0.15) is 5.10 Å². The second-order valence-electron chi connectivity index (χ2n) is 6.51. The lowest BCUT2D eigenvalue weighted by Gasteiger charge is -2.15. The minimum Gasteiger partial charge on any atom is -0.516 e. The molecule has 0 spiro atoms. The second-order valence-corrected chi connectivity index (χ2v) is 12.1. The Labute approximate surface area is 139 Å². The zero-order chi connectivity index (χ0) is 17.3. The molecule has 0 saturated carbocycles. The molecule has 0 saturated heterocycles. The van der Waals surface area contributed by atoms with Crippen molar-refractivity contribution in [1.82, 2.24) is 9.78 Å². The van der Waals surface area contributed by atoms with Crippen molar-refractivity contribution in [2.75, 3.05) is 13.2 Å². The Morgan fingerprint density at radius 2 is 2.17 bits per heavy atom. The highest BCUT2D eigenvalue weighted by Gasteiger charge is 2.17. The van der Waals surface area contributed by atoms with Crippen LogP contribution in [-0.4, -0.2) is 42.1 Å². The summed E-state index contributed by atoms with van der Waals surface area (Å²) in [6.45, 7) is 9.89. The van der Waals surface area contributed by atoms with Crippen LogP contribution in [0.3, 0.4) is 0 Å². The standard InChI is InChI=1S/C16H28N2O4Si/c1-5-22-16(20)15-12-14(8-6-7-9-19)17-18(15)13-21-10-11-23(2,3)4/h7,9,12,19H,5-6,8,10-11,13H2,1-4H3. The summed E-state index contributed by atoms with van der Waals surface area (Å²) in [4.78, 5) is 12.0. The highest BCUT2D eigenvalue weighted by Crippen LogP contribution is 2.11. The molecule has 0 aromatic carbocycles. The maximum atomic E-state index is 12.0. The Morgan fingerprint density at radius 1 is 1.43 bits per heavy atom. The molecule has 1 aromatic heterocycles. The number of esters is 1. The molecular weight excluding hydrogens is 312 g/mol. The minimum absolute atomic E-state index is 0.245. The molecule has 23 heavy (non-hydrogen) atoms. The number of aliphatic hydroxyl groups is 1. The number of aromatic nitrogens is 2. The quantitative estimate of drug-likeness (QED) is 0.306. The number of aliphatic hydroxyl groups excluding tert-OH is 1. The highest BCUT2D eigenvalue weighted by molar-refractivity contribution is 6.76. The smallest absolute Gasteiger partial charge is 0.356 e. The molecule has 0 aliphatic rings. The molecule has 0 bridgehead atoms. The van der Waals surface area contributed by atoms with Crippen molar-refractivity contribution in [2.45, 2.75) is 52.2 Å². The fourth-order valence-corrected chi connectivity index (χ4v) is 2.65. The highest BCUT2D eigenvalue weighted by atomic mass is 28.3. The predicted molar refractivity (Wildman–Crippen MR) is 92.4 cm³/mol. The third-order valence-electron chi connectivity index (χ3n) is 3.20. The van der Waals surface area contributed by atoms with Gasteiger partial charge < -0.3 is 14.6 Å². The van der Waals surface area contributed by atoms with Gasteiger partial charge in [-0.15, -0.1) is 0 Å². The molecule has 7 heteroatoms. The van der Waals surface area contributed by atoms with Gasteiger partial charge in [0.25, 0.3) is 0 Å². The number of rotatable bonds is 10. The van der Waals surface area contributed by atoms with E-state index in [1.165, 1.54) is 0 Å². The van der Waals surface area contributed by atoms with Crippen molar-refractivity contribution in [2.24, 2.45) is 0 Å². The van der Waals surface area contributed by atoms with Crippen LogP contribution in [0, 0.1) is 0 Å². The molecule has 1 N–H and O–H groups in total. The van der Waals surface area contributed by atoms with Gasteiger partial charge in [0.05, 0.1) is 18.6 Å². The molecule has 0 aliphatic heterocycles. The van der Waals surface area contributed by atoms with E-state index in [-0.39, 0.29) is 6.73 Å². The first-order valence-corrected chi connectivity index (χ1v) is 11.7.